The topological polar surface area (TPSA) is 41.0 Å². The summed E-state index contributed by atoms with van der Waals surface area (Å²) in [4.78, 5) is 17.9. The van der Waals surface area contributed by atoms with E-state index in [0.29, 0.717) is 16.7 Å². The Morgan fingerprint density at radius 3 is 2.70 bits per heavy atom. The van der Waals surface area contributed by atoms with Gasteiger partial charge in [0.2, 0.25) is 0 Å². The van der Waals surface area contributed by atoms with Crippen molar-refractivity contribution in [2.24, 2.45) is 0 Å². The number of nitrogens with one attached hydrogen (secondary N) is 1. The van der Waals surface area contributed by atoms with Crippen molar-refractivity contribution in [1.82, 2.24) is 14.5 Å². The molecule has 0 unspecified atom stereocenters. The number of benzene rings is 1. The average Bonchev–Trinajstić information content (AvgIpc) is 2.44. The summed E-state index contributed by atoms with van der Waals surface area (Å²) in [6, 6.07) is 5.59. The summed E-state index contributed by atoms with van der Waals surface area (Å²) in [6.07, 6.45) is 0. The SMILES string of the molecule is CCN(CC)CCn1c(=S)[nH]c2ccc(Br)cc2c1=O. The van der Waals surface area contributed by atoms with Crippen molar-refractivity contribution < 1.29 is 0 Å². The summed E-state index contributed by atoms with van der Waals surface area (Å²) in [5.41, 5.74) is 0.750. The molecular formula is C14H18BrN3OS. The molecule has 2 aromatic rings. The molecule has 0 bridgehead atoms. The molecule has 0 radical (unpaired) electrons. The number of aromatic amines is 1. The molecule has 2 rings (SSSR count). The zero-order valence-corrected chi connectivity index (χ0v) is 14.1. The molecular weight excluding hydrogens is 338 g/mol. The number of fused-ring (bicyclic) bond motifs is 1. The highest BCUT2D eigenvalue weighted by atomic mass is 79.9. The monoisotopic (exact) mass is 355 g/mol. The van der Waals surface area contributed by atoms with Gasteiger partial charge in [-0.3, -0.25) is 9.36 Å². The molecule has 1 aromatic carbocycles. The summed E-state index contributed by atoms with van der Waals surface area (Å²) in [5, 5.41) is 0.660. The maximum atomic E-state index is 12.5. The summed E-state index contributed by atoms with van der Waals surface area (Å²) >= 11 is 8.70. The van der Waals surface area contributed by atoms with E-state index in [9.17, 15) is 4.79 Å². The van der Waals surface area contributed by atoms with Crippen LogP contribution in [0.25, 0.3) is 10.9 Å². The zero-order valence-electron chi connectivity index (χ0n) is 11.6. The molecule has 0 aliphatic carbocycles. The maximum Gasteiger partial charge on any atom is 0.262 e. The smallest absolute Gasteiger partial charge is 0.262 e. The summed E-state index contributed by atoms with van der Waals surface area (Å²) in [6.45, 7) is 7.61. The van der Waals surface area contributed by atoms with Gasteiger partial charge in [-0.2, -0.15) is 0 Å². The van der Waals surface area contributed by atoms with Gasteiger partial charge in [-0.1, -0.05) is 29.8 Å². The number of aromatic nitrogens is 2. The van der Waals surface area contributed by atoms with Gasteiger partial charge in [0.25, 0.3) is 5.56 Å². The van der Waals surface area contributed by atoms with Crippen LogP contribution in [0.4, 0.5) is 0 Å². The van der Waals surface area contributed by atoms with Crippen LogP contribution in [0, 0.1) is 4.77 Å². The number of rotatable bonds is 5. The minimum Gasteiger partial charge on any atom is -0.332 e. The molecule has 0 spiro atoms. The van der Waals surface area contributed by atoms with Crippen LogP contribution in [-0.4, -0.2) is 34.1 Å². The molecule has 20 heavy (non-hydrogen) atoms. The molecule has 0 amide bonds. The molecule has 4 nitrogen and oxygen atoms in total. The number of hydrogen-bond donors (Lipinski definition) is 1. The molecule has 0 aliphatic heterocycles. The summed E-state index contributed by atoms with van der Waals surface area (Å²) in [7, 11) is 0. The second kappa shape index (κ2) is 6.65. The molecule has 0 atom stereocenters. The van der Waals surface area contributed by atoms with Crippen molar-refractivity contribution in [3.05, 3.63) is 37.8 Å². The Bertz CT molecular complexity index is 718. The van der Waals surface area contributed by atoms with E-state index in [1.165, 1.54) is 0 Å². The van der Waals surface area contributed by atoms with Gasteiger partial charge < -0.3 is 9.88 Å². The molecule has 0 aliphatic rings. The number of halogens is 1. The predicted molar refractivity (Wildman–Crippen MR) is 88.9 cm³/mol. The first kappa shape index (κ1) is 15.4. The van der Waals surface area contributed by atoms with E-state index in [2.05, 4.69) is 39.7 Å². The van der Waals surface area contributed by atoms with Crippen molar-refractivity contribution >= 4 is 39.1 Å². The first-order valence-electron chi connectivity index (χ1n) is 6.71. The Morgan fingerprint density at radius 1 is 1.35 bits per heavy atom. The van der Waals surface area contributed by atoms with Gasteiger partial charge >= 0.3 is 0 Å². The van der Waals surface area contributed by atoms with E-state index >= 15 is 0 Å². The van der Waals surface area contributed by atoms with Crippen molar-refractivity contribution in [2.45, 2.75) is 20.4 Å². The third-order valence-electron chi connectivity index (χ3n) is 3.48. The fourth-order valence-electron chi connectivity index (χ4n) is 2.21. The van der Waals surface area contributed by atoms with E-state index in [0.717, 1.165) is 29.6 Å². The lowest BCUT2D eigenvalue weighted by Crippen LogP contribution is -2.31. The number of hydrogen-bond acceptors (Lipinski definition) is 3. The molecule has 6 heteroatoms. The molecule has 1 N–H and O–H groups in total. The van der Waals surface area contributed by atoms with Gasteiger partial charge in [-0.05, 0) is 43.5 Å². The van der Waals surface area contributed by atoms with Gasteiger partial charge in [-0.15, -0.1) is 0 Å². The summed E-state index contributed by atoms with van der Waals surface area (Å²) in [5.74, 6) is 0. The van der Waals surface area contributed by atoms with Gasteiger partial charge in [-0.25, -0.2) is 0 Å². The molecule has 0 saturated carbocycles. The van der Waals surface area contributed by atoms with Crippen LogP contribution in [0.5, 0.6) is 0 Å². The van der Waals surface area contributed by atoms with Crippen LogP contribution in [0.3, 0.4) is 0 Å². The molecule has 0 fully saturated rings. The Hall–Kier alpha value is -0.980. The van der Waals surface area contributed by atoms with Crippen molar-refractivity contribution in [3.63, 3.8) is 0 Å². The van der Waals surface area contributed by atoms with Crippen LogP contribution in [0.2, 0.25) is 0 Å². The van der Waals surface area contributed by atoms with E-state index in [1.807, 2.05) is 18.2 Å². The third kappa shape index (κ3) is 3.19. The van der Waals surface area contributed by atoms with E-state index < -0.39 is 0 Å². The fraction of sp³-hybridized carbons (Fsp3) is 0.429. The minimum atomic E-state index is -0.0304. The van der Waals surface area contributed by atoms with Crippen molar-refractivity contribution in [2.75, 3.05) is 19.6 Å². The molecule has 108 valence electrons. The largest absolute Gasteiger partial charge is 0.332 e. The van der Waals surface area contributed by atoms with Gasteiger partial charge in [0.15, 0.2) is 4.77 Å². The normalized spacial score (nSPS) is 11.4. The lowest BCUT2D eigenvalue weighted by molar-refractivity contribution is 0.288. The summed E-state index contributed by atoms with van der Waals surface area (Å²) < 4.78 is 3.02. The predicted octanol–water partition coefficient (Wildman–Crippen LogP) is 3.16. The Kier molecular flexibility index (Phi) is 5.12. The molecule has 1 aromatic heterocycles. The fourth-order valence-corrected chi connectivity index (χ4v) is 2.85. The highest BCUT2D eigenvalue weighted by molar-refractivity contribution is 9.10. The van der Waals surface area contributed by atoms with Crippen LogP contribution in [0.15, 0.2) is 27.5 Å². The zero-order chi connectivity index (χ0) is 14.7. The Morgan fingerprint density at radius 2 is 2.05 bits per heavy atom. The van der Waals surface area contributed by atoms with E-state index in [-0.39, 0.29) is 5.56 Å². The van der Waals surface area contributed by atoms with Crippen LogP contribution >= 0.6 is 28.1 Å². The van der Waals surface area contributed by atoms with Gasteiger partial charge in [0, 0.05) is 17.6 Å². The third-order valence-corrected chi connectivity index (χ3v) is 4.29. The first-order chi connectivity index (χ1) is 9.56. The second-order valence-corrected chi connectivity index (χ2v) is 5.91. The number of nitrogens with zero attached hydrogens (tertiary/aromatic N) is 2. The lowest BCUT2D eigenvalue weighted by Gasteiger charge is -2.18. The highest BCUT2D eigenvalue weighted by Crippen LogP contribution is 2.15. The van der Waals surface area contributed by atoms with Gasteiger partial charge in [0.05, 0.1) is 10.9 Å². The standard InChI is InChI=1S/C14H18BrN3OS/c1-3-17(4-2)7-8-18-13(19)11-9-10(15)5-6-12(11)16-14(18)20/h5-6,9H,3-4,7-8H2,1-2H3,(H,16,20). The van der Waals surface area contributed by atoms with E-state index in [4.69, 9.17) is 12.2 Å². The van der Waals surface area contributed by atoms with Crippen LogP contribution < -0.4 is 5.56 Å². The molecule has 1 heterocycles. The van der Waals surface area contributed by atoms with Crippen molar-refractivity contribution in [1.29, 1.82) is 0 Å². The van der Waals surface area contributed by atoms with Crippen LogP contribution in [-0.2, 0) is 6.54 Å². The Balaban J connectivity index is 2.43. The Labute approximate surface area is 131 Å². The van der Waals surface area contributed by atoms with Gasteiger partial charge in [0.1, 0.15) is 0 Å². The quantitative estimate of drug-likeness (QED) is 0.837. The first-order valence-corrected chi connectivity index (χ1v) is 7.91. The van der Waals surface area contributed by atoms with E-state index in [1.54, 1.807) is 4.57 Å². The van der Waals surface area contributed by atoms with Crippen LogP contribution in [0.1, 0.15) is 13.8 Å². The number of H-pyrrole nitrogens is 1. The second-order valence-electron chi connectivity index (χ2n) is 4.60. The minimum absolute atomic E-state index is 0.0304. The maximum absolute atomic E-state index is 12.5. The van der Waals surface area contributed by atoms with Crippen molar-refractivity contribution in [3.8, 4) is 0 Å². The average molecular weight is 356 g/mol. The highest BCUT2D eigenvalue weighted by Gasteiger charge is 2.07. The number of likely N-dealkylation sites (N-methyl/N-ethyl adjacent to an activating group) is 1. The lowest BCUT2D eigenvalue weighted by atomic mass is 10.2. The molecule has 0 saturated heterocycles.